The topological polar surface area (TPSA) is 124 Å². The van der Waals surface area contributed by atoms with Crippen molar-refractivity contribution in [3.05, 3.63) is 47.4 Å². The zero-order valence-electron chi connectivity index (χ0n) is 17.6. The number of anilines is 1. The fourth-order valence-electron chi connectivity index (χ4n) is 3.37. The molecule has 2 aliphatic heterocycles. The molecule has 0 bridgehead atoms. The molecule has 170 valence electrons. The molecule has 1 aromatic carbocycles. The average Bonchev–Trinajstić information content (AvgIpc) is 3.38. The summed E-state index contributed by atoms with van der Waals surface area (Å²) in [4.78, 5) is 29.5. The lowest BCUT2D eigenvalue weighted by molar-refractivity contribution is 0.0828. The third kappa shape index (κ3) is 4.66. The first-order valence-corrected chi connectivity index (χ1v) is 12.6. The molecule has 2 aromatic rings. The lowest BCUT2D eigenvalue weighted by Gasteiger charge is -2.22. The second-order valence-corrected chi connectivity index (χ2v) is 10.00. The lowest BCUT2D eigenvalue weighted by Crippen LogP contribution is -2.41. The van der Waals surface area contributed by atoms with Gasteiger partial charge in [0.05, 0.1) is 18.0 Å². The van der Waals surface area contributed by atoms with Gasteiger partial charge < -0.3 is 9.32 Å². The van der Waals surface area contributed by atoms with Crippen molar-refractivity contribution in [1.82, 2.24) is 15.8 Å². The van der Waals surface area contributed by atoms with E-state index in [1.165, 1.54) is 11.8 Å². The van der Waals surface area contributed by atoms with Gasteiger partial charge in [-0.1, -0.05) is 13.8 Å². The van der Waals surface area contributed by atoms with Crippen LogP contribution in [0.15, 0.2) is 44.0 Å². The van der Waals surface area contributed by atoms with E-state index in [1.807, 2.05) is 18.7 Å². The minimum absolute atomic E-state index is 0.0474. The molecule has 10 nitrogen and oxygen atoms in total. The minimum Gasteiger partial charge on any atom is -0.454 e. The van der Waals surface area contributed by atoms with E-state index < -0.39 is 21.8 Å². The summed E-state index contributed by atoms with van der Waals surface area (Å²) in [7, 11) is -3.45. The SMILES string of the molecule is CCN(CC)Cc1ccc(C(=O)NNC(=O)c2ccc3c(c2)SC2=NS(=O)(=O)CCN23)o1. The first-order valence-electron chi connectivity index (χ1n) is 10.1. The van der Waals surface area contributed by atoms with Crippen molar-refractivity contribution in [3.63, 3.8) is 0 Å². The van der Waals surface area contributed by atoms with Crippen molar-refractivity contribution in [2.75, 3.05) is 30.3 Å². The highest BCUT2D eigenvalue weighted by Gasteiger charge is 2.33. The molecule has 4 rings (SSSR count). The number of carbonyl (C=O) groups excluding carboxylic acids is 2. The molecule has 0 aliphatic carbocycles. The molecule has 0 spiro atoms. The maximum Gasteiger partial charge on any atom is 0.305 e. The summed E-state index contributed by atoms with van der Waals surface area (Å²) in [5.41, 5.74) is 5.86. The van der Waals surface area contributed by atoms with E-state index in [-0.39, 0.29) is 11.5 Å². The molecule has 1 aromatic heterocycles. The highest BCUT2D eigenvalue weighted by atomic mass is 32.2. The lowest BCUT2D eigenvalue weighted by atomic mass is 10.2. The standard InChI is InChI=1S/C20H23N5O5S2/c1-3-24(4-2)12-14-6-8-16(30-14)19(27)22-21-18(26)13-5-7-15-17(11-13)31-20-23-32(28,29)10-9-25(15)20/h5-8,11H,3-4,9-10,12H2,1-2H3,(H,21,26)(H,22,27). The smallest absolute Gasteiger partial charge is 0.305 e. The third-order valence-electron chi connectivity index (χ3n) is 5.18. The summed E-state index contributed by atoms with van der Waals surface area (Å²) in [6.45, 7) is 6.76. The van der Waals surface area contributed by atoms with Crippen LogP contribution in [0.5, 0.6) is 0 Å². The van der Waals surface area contributed by atoms with E-state index in [1.54, 1.807) is 30.3 Å². The Bertz CT molecular complexity index is 1190. The monoisotopic (exact) mass is 477 g/mol. The van der Waals surface area contributed by atoms with E-state index in [4.69, 9.17) is 4.42 Å². The summed E-state index contributed by atoms with van der Waals surface area (Å²) in [6.07, 6.45) is 0. The normalized spacial score (nSPS) is 16.3. The number of hydrogen-bond acceptors (Lipinski definition) is 8. The van der Waals surface area contributed by atoms with Gasteiger partial charge in [-0.15, -0.1) is 4.40 Å². The molecular formula is C20H23N5O5S2. The van der Waals surface area contributed by atoms with Crippen LogP contribution >= 0.6 is 11.8 Å². The van der Waals surface area contributed by atoms with Crippen molar-refractivity contribution in [2.45, 2.75) is 25.3 Å². The van der Waals surface area contributed by atoms with Gasteiger partial charge in [0.1, 0.15) is 5.76 Å². The van der Waals surface area contributed by atoms with Gasteiger partial charge in [-0.3, -0.25) is 25.3 Å². The van der Waals surface area contributed by atoms with Crippen LogP contribution in [-0.2, 0) is 16.6 Å². The Morgan fingerprint density at radius 2 is 1.91 bits per heavy atom. The third-order valence-corrected chi connectivity index (χ3v) is 7.49. The summed E-state index contributed by atoms with van der Waals surface area (Å²) in [6, 6.07) is 8.30. The molecule has 12 heteroatoms. The van der Waals surface area contributed by atoms with Crippen LogP contribution in [0.1, 0.15) is 40.5 Å². The van der Waals surface area contributed by atoms with Crippen LogP contribution in [0.3, 0.4) is 0 Å². The van der Waals surface area contributed by atoms with Crippen molar-refractivity contribution >= 4 is 44.5 Å². The highest BCUT2D eigenvalue weighted by molar-refractivity contribution is 8.15. The molecule has 0 atom stereocenters. The van der Waals surface area contributed by atoms with Crippen LogP contribution in [0.25, 0.3) is 0 Å². The van der Waals surface area contributed by atoms with Crippen molar-refractivity contribution < 1.29 is 22.4 Å². The van der Waals surface area contributed by atoms with E-state index in [2.05, 4.69) is 20.1 Å². The zero-order valence-corrected chi connectivity index (χ0v) is 19.3. The molecule has 2 amide bonds. The maximum atomic E-state index is 12.5. The number of hydrazine groups is 1. The Morgan fingerprint density at radius 3 is 2.66 bits per heavy atom. The Hall–Kier alpha value is -2.83. The van der Waals surface area contributed by atoms with Gasteiger partial charge in [0.15, 0.2) is 10.9 Å². The van der Waals surface area contributed by atoms with Crippen LogP contribution in [0.2, 0.25) is 0 Å². The predicted octanol–water partition coefficient (Wildman–Crippen LogP) is 1.81. The summed E-state index contributed by atoms with van der Waals surface area (Å²) < 4.78 is 32.8. The molecule has 0 fully saturated rings. The second kappa shape index (κ2) is 8.96. The minimum atomic E-state index is -3.45. The Kier molecular flexibility index (Phi) is 6.26. The highest BCUT2D eigenvalue weighted by Crippen LogP contribution is 2.42. The second-order valence-electron chi connectivity index (χ2n) is 7.23. The number of rotatable bonds is 6. The zero-order chi connectivity index (χ0) is 22.9. The van der Waals surface area contributed by atoms with E-state index in [9.17, 15) is 18.0 Å². The van der Waals surface area contributed by atoms with Crippen LogP contribution in [-0.4, -0.2) is 55.7 Å². The molecule has 2 N–H and O–H groups in total. The number of nitrogens with one attached hydrogen (secondary N) is 2. The van der Waals surface area contributed by atoms with Crippen LogP contribution in [0.4, 0.5) is 5.69 Å². The summed E-state index contributed by atoms with van der Waals surface area (Å²) >= 11 is 1.20. The Labute approximate surface area is 190 Å². The van der Waals surface area contributed by atoms with Crippen LogP contribution in [0, 0.1) is 0 Å². The molecular weight excluding hydrogens is 454 g/mol. The van der Waals surface area contributed by atoms with Crippen molar-refractivity contribution in [3.8, 4) is 0 Å². The Morgan fingerprint density at radius 1 is 1.16 bits per heavy atom. The van der Waals surface area contributed by atoms with Crippen LogP contribution < -0.4 is 15.8 Å². The number of thioether (sulfide) groups is 1. The maximum absolute atomic E-state index is 12.5. The number of hydrogen-bond donors (Lipinski definition) is 2. The fourth-order valence-corrected chi connectivity index (χ4v) is 5.67. The Balaban J connectivity index is 1.38. The average molecular weight is 478 g/mol. The molecule has 0 saturated heterocycles. The van der Waals surface area contributed by atoms with Gasteiger partial charge in [0.2, 0.25) is 0 Å². The van der Waals surface area contributed by atoms with Crippen molar-refractivity contribution in [1.29, 1.82) is 0 Å². The molecule has 32 heavy (non-hydrogen) atoms. The number of amides is 2. The van der Waals surface area contributed by atoms with Gasteiger partial charge in [-0.2, -0.15) is 0 Å². The first-order chi connectivity index (χ1) is 15.3. The molecule has 3 heterocycles. The van der Waals surface area contributed by atoms with Gasteiger partial charge in [-0.05, 0) is 55.2 Å². The summed E-state index contributed by atoms with van der Waals surface area (Å²) in [5.74, 6) is -0.337. The largest absolute Gasteiger partial charge is 0.454 e. The van der Waals surface area contributed by atoms with Gasteiger partial charge >= 0.3 is 5.91 Å². The molecule has 2 aliphatic rings. The molecule has 0 unspecified atom stereocenters. The number of benzene rings is 1. The molecule has 0 radical (unpaired) electrons. The number of sulfonamides is 1. The van der Waals surface area contributed by atoms with Gasteiger partial charge in [-0.25, -0.2) is 8.42 Å². The van der Waals surface area contributed by atoms with E-state index in [0.717, 1.165) is 23.7 Å². The van der Waals surface area contributed by atoms with Crippen molar-refractivity contribution in [2.24, 2.45) is 4.40 Å². The number of nitrogens with zero attached hydrogens (tertiary/aromatic N) is 3. The van der Waals surface area contributed by atoms with Gasteiger partial charge in [0, 0.05) is 17.0 Å². The van der Waals surface area contributed by atoms with E-state index in [0.29, 0.717) is 29.6 Å². The number of amidine groups is 1. The number of carbonyl (C=O) groups is 2. The predicted molar refractivity (Wildman–Crippen MR) is 121 cm³/mol. The molecule has 0 saturated carbocycles. The fraction of sp³-hybridized carbons (Fsp3) is 0.350. The summed E-state index contributed by atoms with van der Waals surface area (Å²) in [5, 5.41) is 0.385. The first kappa shape index (κ1) is 22.4. The quantitative estimate of drug-likeness (QED) is 0.604. The van der Waals surface area contributed by atoms with Gasteiger partial charge in [0.25, 0.3) is 15.9 Å². The van der Waals surface area contributed by atoms with E-state index >= 15 is 0 Å². The number of furan rings is 1. The number of fused-ring (bicyclic) bond motifs is 3.